The summed E-state index contributed by atoms with van der Waals surface area (Å²) >= 11 is 2.59. The molecule has 4 aromatic rings. The van der Waals surface area contributed by atoms with E-state index in [0.717, 1.165) is 10.4 Å². The van der Waals surface area contributed by atoms with Gasteiger partial charge in [-0.1, -0.05) is 42.1 Å². The number of amides is 1. The van der Waals surface area contributed by atoms with Gasteiger partial charge in [0, 0.05) is 17.6 Å². The van der Waals surface area contributed by atoms with Gasteiger partial charge in [-0.2, -0.15) is 0 Å². The number of nitrogens with zero attached hydrogens (tertiary/aromatic N) is 2. The lowest BCUT2D eigenvalue weighted by molar-refractivity contribution is -0.113. The van der Waals surface area contributed by atoms with Crippen LogP contribution in [-0.2, 0) is 11.8 Å². The first-order valence-corrected chi connectivity index (χ1v) is 10.6. The van der Waals surface area contributed by atoms with E-state index >= 15 is 0 Å². The number of hydrogen-bond donors (Lipinski definition) is 1. The highest BCUT2D eigenvalue weighted by molar-refractivity contribution is 7.99. The molecule has 1 N–H and O–H groups in total. The van der Waals surface area contributed by atoms with Crippen molar-refractivity contribution in [1.82, 2.24) is 9.55 Å². The van der Waals surface area contributed by atoms with Gasteiger partial charge in [-0.3, -0.25) is 14.2 Å². The van der Waals surface area contributed by atoms with Gasteiger partial charge in [0.25, 0.3) is 5.56 Å². The minimum absolute atomic E-state index is 0.0822. The summed E-state index contributed by atoms with van der Waals surface area (Å²) in [5.74, 6) is -0.541. The number of fused-ring (bicyclic) bond motifs is 1. The SMILES string of the molecule is Cn1c(SCC(=O)Nc2ccc(F)cc2)nc2cc(-c3ccccc3)sc2c1=O. The highest BCUT2D eigenvalue weighted by Gasteiger charge is 2.14. The molecule has 0 radical (unpaired) electrons. The van der Waals surface area contributed by atoms with Crippen molar-refractivity contribution in [3.63, 3.8) is 0 Å². The Balaban J connectivity index is 1.54. The van der Waals surface area contributed by atoms with E-state index in [-0.39, 0.29) is 23.0 Å². The molecule has 0 bridgehead atoms. The maximum atomic E-state index is 13.0. The number of thioether (sulfide) groups is 1. The summed E-state index contributed by atoms with van der Waals surface area (Å²) in [4.78, 5) is 30.5. The van der Waals surface area contributed by atoms with Gasteiger partial charge in [-0.05, 0) is 35.9 Å². The van der Waals surface area contributed by atoms with Crippen molar-refractivity contribution in [2.45, 2.75) is 5.16 Å². The molecule has 146 valence electrons. The summed E-state index contributed by atoms with van der Waals surface area (Å²) in [6.45, 7) is 0. The lowest BCUT2D eigenvalue weighted by Gasteiger charge is -2.07. The largest absolute Gasteiger partial charge is 0.325 e. The van der Waals surface area contributed by atoms with Gasteiger partial charge in [0.05, 0.1) is 11.3 Å². The van der Waals surface area contributed by atoms with Crippen LogP contribution in [-0.4, -0.2) is 21.2 Å². The van der Waals surface area contributed by atoms with E-state index in [4.69, 9.17) is 0 Å². The van der Waals surface area contributed by atoms with Crippen molar-refractivity contribution in [3.8, 4) is 10.4 Å². The summed E-state index contributed by atoms with van der Waals surface area (Å²) in [5.41, 5.74) is 2.03. The zero-order valence-electron chi connectivity index (χ0n) is 15.4. The maximum Gasteiger partial charge on any atom is 0.271 e. The standard InChI is InChI=1S/C21H16FN3O2S2/c1-25-20(27)19-16(11-17(29-19)13-5-3-2-4-6-13)24-21(25)28-12-18(26)23-15-9-7-14(22)8-10-15/h2-11H,12H2,1H3,(H,23,26). The number of carbonyl (C=O) groups excluding carboxylic acids is 1. The number of anilines is 1. The summed E-state index contributed by atoms with van der Waals surface area (Å²) in [5, 5.41) is 3.16. The van der Waals surface area contributed by atoms with Crippen molar-refractivity contribution >= 4 is 44.9 Å². The summed E-state index contributed by atoms with van der Waals surface area (Å²) < 4.78 is 15.0. The lowest BCUT2D eigenvalue weighted by Crippen LogP contribution is -2.20. The Hall–Kier alpha value is -2.97. The van der Waals surface area contributed by atoms with Crippen molar-refractivity contribution < 1.29 is 9.18 Å². The Bertz CT molecular complexity index is 1230. The molecule has 29 heavy (non-hydrogen) atoms. The zero-order chi connectivity index (χ0) is 20.4. The van der Waals surface area contributed by atoms with E-state index in [1.165, 1.54) is 51.9 Å². The molecule has 0 spiro atoms. The van der Waals surface area contributed by atoms with Crippen LogP contribution in [0.15, 0.2) is 70.6 Å². The molecule has 5 nitrogen and oxygen atoms in total. The Morgan fingerprint density at radius 1 is 1.17 bits per heavy atom. The molecule has 8 heteroatoms. The van der Waals surface area contributed by atoms with Gasteiger partial charge in [-0.25, -0.2) is 9.37 Å². The second-order valence-electron chi connectivity index (χ2n) is 6.29. The molecule has 0 aliphatic heterocycles. The van der Waals surface area contributed by atoms with Crippen LogP contribution in [0.4, 0.5) is 10.1 Å². The summed E-state index contributed by atoms with van der Waals surface area (Å²) in [6.07, 6.45) is 0. The molecule has 2 aromatic heterocycles. The maximum absolute atomic E-state index is 13.0. The molecule has 0 aliphatic rings. The molecule has 0 unspecified atom stereocenters. The molecule has 0 atom stereocenters. The fourth-order valence-corrected chi connectivity index (χ4v) is 4.62. The number of benzene rings is 2. The third kappa shape index (κ3) is 4.23. The second kappa shape index (κ2) is 8.18. The number of carbonyl (C=O) groups is 1. The minimum Gasteiger partial charge on any atom is -0.325 e. The van der Waals surface area contributed by atoms with Crippen molar-refractivity contribution in [3.05, 3.63) is 76.8 Å². The van der Waals surface area contributed by atoms with Crippen molar-refractivity contribution in [1.29, 1.82) is 0 Å². The van der Waals surface area contributed by atoms with Gasteiger partial charge in [-0.15, -0.1) is 11.3 Å². The van der Waals surface area contributed by atoms with Gasteiger partial charge < -0.3 is 5.32 Å². The smallest absolute Gasteiger partial charge is 0.271 e. The first-order valence-electron chi connectivity index (χ1n) is 8.75. The van der Waals surface area contributed by atoms with Gasteiger partial charge in [0.1, 0.15) is 10.5 Å². The van der Waals surface area contributed by atoms with Gasteiger partial charge >= 0.3 is 0 Å². The van der Waals surface area contributed by atoms with Crippen LogP contribution < -0.4 is 10.9 Å². The monoisotopic (exact) mass is 425 g/mol. The zero-order valence-corrected chi connectivity index (χ0v) is 17.0. The predicted molar refractivity (Wildman–Crippen MR) is 116 cm³/mol. The molecule has 0 aliphatic carbocycles. The fraction of sp³-hybridized carbons (Fsp3) is 0.0952. The number of halogens is 1. The number of nitrogens with one attached hydrogen (secondary N) is 1. The van der Waals surface area contributed by atoms with E-state index in [9.17, 15) is 14.0 Å². The average molecular weight is 426 g/mol. The molecular formula is C21H16FN3O2S2. The van der Waals surface area contributed by atoms with E-state index in [1.54, 1.807) is 7.05 Å². The van der Waals surface area contributed by atoms with Crippen LogP contribution in [0.1, 0.15) is 0 Å². The lowest BCUT2D eigenvalue weighted by atomic mass is 10.2. The molecule has 2 aromatic carbocycles. The van der Waals surface area contributed by atoms with Crippen LogP contribution in [0.25, 0.3) is 20.7 Å². The Labute approximate surface area is 174 Å². The molecule has 0 saturated carbocycles. The third-order valence-electron chi connectivity index (χ3n) is 4.23. The Morgan fingerprint density at radius 3 is 2.62 bits per heavy atom. The average Bonchev–Trinajstić information content (AvgIpc) is 3.16. The molecule has 1 amide bonds. The Kier molecular flexibility index (Phi) is 5.46. The number of rotatable bonds is 5. The topological polar surface area (TPSA) is 64.0 Å². The summed E-state index contributed by atoms with van der Waals surface area (Å²) in [6, 6.07) is 17.3. The van der Waals surface area contributed by atoms with E-state index in [0.29, 0.717) is 21.1 Å². The minimum atomic E-state index is -0.365. The highest BCUT2D eigenvalue weighted by atomic mass is 32.2. The van der Waals surface area contributed by atoms with Gasteiger partial charge in [0.15, 0.2) is 5.16 Å². The van der Waals surface area contributed by atoms with Crippen LogP contribution in [0, 0.1) is 5.82 Å². The van der Waals surface area contributed by atoms with E-state index < -0.39 is 0 Å². The second-order valence-corrected chi connectivity index (χ2v) is 8.29. The number of aromatic nitrogens is 2. The van der Waals surface area contributed by atoms with Crippen LogP contribution in [0.2, 0.25) is 0 Å². The first kappa shape index (κ1) is 19.4. The Morgan fingerprint density at radius 2 is 1.90 bits per heavy atom. The molecule has 0 saturated heterocycles. The molecule has 0 fully saturated rings. The third-order valence-corrected chi connectivity index (χ3v) is 6.42. The van der Waals surface area contributed by atoms with Crippen LogP contribution in [0.5, 0.6) is 0 Å². The normalized spacial score (nSPS) is 11.0. The van der Waals surface area contributed by atoms with Gasteiger partial charge in [0.2, 0.25) is 5.91 Å². The van der Waals surface area contributed by atoms with Crippen LogP contribution in [0.3, 0.4) is 0 Å². The molecular weight excluding hydrogens is 409 g/mol. The van der Waals surface area contributed by atoms with Crippen LogP contribution >= 0.6 is 23.1 Å². The number of thiophene rings is 1. The highest BCUT2D eigenvalue weighted by Crippen LogP contribution is 2.31. The quantitative estimate of drug-likeness (QED) is 0.377. The van der Waals surface area contributed by atoms with E-state index in [2.05, 4.69) is 10.3 Å². The molecule has 4 rings (SSSR count). The summed E-state index contributed by atoms with van der Waals surface area (Å²) in [7, 11) is 1.65. The molecule has 2 heterocycles. The fourth-order valence-electron chi connectivity index (χ4n) is 2.77. The van der Waals surface area contributed by atoms with Crippen molar-refractivity contribution in [2.75, 3.05) is 11.1 Å². The van der Waals surface area contributed by atoms with Crippen molar-refractivity contribution in [2.24, 2.45) is 7.05 Å². The number of hydrogen-bond acceptors (Lipinski definition) is 5. The first-order chi connectivity index (χ1) is 14.0. The van der Waals surface area contributed by atoms with E-state index in [1.807, 2.05) is 36.4 Å². The predicted octanol–water partition coefficient (Wildman–Crippen LogP) is 4.53.